The number of carboxylic acids is 1. The van der Waals surface area contributed by atoms with Crippen LogP contribution in [0.4, 0.5) is 0 Å². The maximum absolute atomic E-state index is 13.8. The van der Waals surface area contributed by atoms with Gasteiger partial charge >= 0.3 is 5.97 Å². The van der Waals surface area contributed by atoms with Gasteiger partial charge in [-0.1, -0.05) is 56.3 Å². The minimum Gasteiger partial charge on any atom is -0.481 e. The summed E-state index contributed by atoms with van der Waals surface area (Å²) in [7, 11) is 0. The van der Waals surface area contributed by atoms with Gasteiger partial charge in [0.05, 0.1) is 5.92 Å². The number of carboxylic acid groups (broad SMARTS) is 1. The number of benzene rings is 2. The molecule has 35 heavy (non-hydrogen) atoms. The van der Waals surface area contributed by atoms with Gasteiger partial charge in [-0.15, -0.1) is 0 Å². The molecule has 8 heteroatoms. The number of nitrogen functional groups attached to an aromatic ring is 1. The summed E-state index contributed by atoms with van der Waals surface area (Å²) in [4.78, 5) is 39.9. The van der Waals surface area contributed by atoms with E-state index in [1.165, 1.54) is 0 Å². The van der Waals surface area contributed by atoms with Crippen molar-refractivity contribution in [1.29, 1.82) is 5.41 Å². The SMILES string of the molecule is CC(C)[C@@H](NC(=O)c1ccc(C(=N)N)cc1)C(C(=O)N1CCC(CC(=O)O)CC1)c1ccccc1. The molecular formula is C27H34N4O4. The Morgan fingerprint density at radius 2 is 1.60 bits per heavy atom. The number of carbonyl (C=O) groups excluding carboxylic acids is 2. The molecule has 0 bridgehead atoms. The maximum atomic E-state index is 13.8. The van der Waals surface area contributed by atoms with Crippen molar-refractivity contribution in [3.05, 3.63) is 71.3 Å². The highest BCUT2D eigenvalue weighted by Crippen LogP contribution is 2.30. The number of aliphatic carboxylic acids is 1. The number of amides is 2. The monoisotopic (exact) mass is 478 g/mol. The smallest absolute Gasteiger partial charge is 0.303 e. The molecule has 3 rings (SSSR count). The van der Waals surface area contributed by atoms with Gasteiger partial charge in [0.1, 0.15) is 5.84 Å². The normalized spacial score (nSPS) is 15.9. The van der Waals surface area contributed by atoms with Crippen molar-refractivity contribution in [3.63, 3.8) is 0 Å². The molecule has 1 heterocycles. The first kappa shape index (κ1) is 25.9. The first-order chi connectivity index (χ1) is 16.7. The van der Waals surface area contributed by atoms with Crippen LogP contribution in [0.1, 0.15) is 60.5 Å². The standard InChI is InChI=1S/C27H34N4O4/c1-17(2)24(30-26(34)21-10-8-20(9-11-21)25(28)29)23(19-6-4-3-5-7-19)27(35)31-14-12-18(13-15-31)16-22(32)33/h3-11,17-18,23-24H,12-16H2,1-2H3,(H3,28,29)(H,30,34)(H,32,33)/t23?,24-/m1/s1. The van der Waals surface area contributed by atoms with Crippen LogP contribution in [-0.2, 0) is 9.59 Å². The number of piperidine rings is 1. The number of nitrogens with zero attached hydrogens (tertiary/aromatic N) is 1. The van der Waals surface area contributed by atoms with E-state index in [2.05, 4.69) is 5.32 Å². The van der Waals surface area contributed by atoms with Crippen molar-refractivity contribution in [1.82, 2.24) is 10.2 Å². The molecule has 0 aliphatic carbocycles. The summed E-state index contributed by atoms with van der Waals surface area (Å²) in [5.41, 5.74) is 7.30. The quantitative estimate of drug-likeness (QED) is 0.324. The maximum Gasteiger partial charge on any atom is 0.303 e. The van der Waals surface area contributed by atoms with Crippen LogP contribution in [0.5, 0.6) is 0 Å². The summed E-state index contributed by atoms with van der Waals surface area (Å²) in [5.74, 6) is -1.77. The number of nitrogens with one attached hydrogen (secondary N) is 2. The van der Waals surface area contributed by atoms with Gasteiger partial charge in [-0.25, -0.2) is 0 Å². The van der Waals surface area contributed by atoms with Crippen LogP contribution in [0, 0.1) is 17.2 Å². The lowest BCUT2D eigenvalue weighted by Gasteiger charge is -2.37. The predicted octanol–water partition coefficient (Wildman–Crippen LogP) is 3.22. The Bertz CT molecular complexity index is 1040. The molecule has 1 fully saturated rings. The fourth-order valence-corrected chi connectivity index (χ4v) is 4.64. The van der Waals surface area contributed by atoms with Crippen molar-refractivity contribution in [2.45, 2.75) is 45.1 Å². The molecule has 1 saturated heterocycles. The fourth-order valence-electron chi connectivity index (χ4n) is 4.64. The summed E-state index contributed by atoms with van der Waals surface area (Å²) in [6, 6.07) is 15.5. The lowest BCUT2D eigenvalue weighted by Crippen LogP contribution is -2.50. The molecule has 186 valence electrons. The van der Waals surface area contributed by atoms with Crippen LogP contribution >= 0.6 is 0 Å². The first-order valence-electron chi connectivity index (χ1n) is 12.0. The minimum absolute atomic E-state index is 0.0332. The van der Waals surface area contributed by atoms with E-state index < -0.39 is 17.9 Å². The Kier molecular flexibility index (Phi) is 8.63. The Labute approximate surface area is 206 Å². The Balaban J connectivity index is 1.83. The van der Waals surface area contributed by atoms with Crippen molar-refractivity contribution >= 4 is 23.6 Å². The third kappa shape index (κ3) is 6.68. The molecule has 1 unspecified atom stereocenters. The second-order valence-electron chi connectivity index (χ2n) is 9.49. The fraction of sp³-hybridized carbons (Fsp3) is 0.407. The minimum atomic E-state index is -0.809. The van der Waals surface area contributed by atoms with Gasteiger partial charge < -0.3 is 21.1 Å². The molecule has 2 amide bonds. The van der Waals surface area contributed by atoms with Gasteiger partial charge in [0.2, 0.25) is 5.91 Å². The molecule has 0 radical (unpaired) electrons. The Morgan fingerprint density at radius 1 is 1.03 bits per heavy atom. The van der Waals surface area contributed by atoms with E-state index in [1.807, 2.05) is 44.2 Å². The van der Waals surface area contributed by atoms with E-state index in [1.54, 1.807) is 29.2 Å². The lowest BCUT2D eigenvalue weighted by molar-refractivity contribution is -0.139. The van der Waals surface area contributed by atoms with Crippen molar-refractivity contribution in [2.75, 3.05) is 13.1 Å². The third-order valence-corrected chi connectivity index (χ3v) is 6.65. The number of amidine groups is 1. The highest BCUT2D eigenvalue weighted by molar-refractivity contribution is 5.98. The molecule has 0 aromatic heterocycles. The van der Waals surface area contributed by atoms with E-state index in [0.717, 1.165) is 5.56 Å². The van der Waals surface area contributed by atoms with Crippen LogP contribution in [0.15, 0.2) is 54.6 Å². The molecule has 2 atom stereocenters. The third-order valence-electron chi connectivity index (χ3n) is 6.65. The number of hydrogen-bond donors (Lipinski definition) is 4. The zero-order valence-corrected chi connectivity index (χ0v) is 20.2. The van der Waals surface area contributed by atoms with Crippen molar-refractivity contribution < 1.29 is 19.5 Å². The molecule has 5 N–H and O–H groups in total. The van der Waals surface area contributed by atoms with E-state index >= 15 is 0 Å². The summed E-state index contributed by atoms with van der Waals surface area (Å²) in [6.45, 7) is 4.97. The van der Waals surface area contributed by atoms with E-state index in [0.29, 0.717) is 37.1 Å². The Morgan fingerprint density at radius 3 is 2.11 bits per heavy atom. The number of carbonyl (C=O) groups is 3. The zero-order valence-electron chi connectivity index (χ0n) is 20.2. The van der Waals surface area contributed by atoms with Crippen LogP contribution in [-0.4, -0.2) is 52.8 Å². The number of rotatable bonds is 9. The second kappa shape index (κ2) is 11.6. The highest BCUT2D eigenvalue weighted by Gasteiger charge is 2.37. The summed E-state index contributed by atoms with van der Waals surface area (Å²) >= 11 is 0. The van der Waals surface area contributed by atoms with Crippen LogP contribution < -0.4 is 11.1 Å². The van der Waals surface area contributed by atoms with Crippen LogP contribution in [0.3, 0.4) is 0 Å². The first-order valence-corrected chi connectivity index (χ1v) is 12.0. The van der Waals surface area contributed by atoms with E-state index in [-0.39, 0.29) is 35.9 Å². The molecule has 8 nitrogen and oxygen atoms in total. The van der Waals surface area contributed by atoms with Gasteiger partial charge in [0, 0.05) is 36.7 Å². The molecule has 0 spiro atoms. The van der Waals surface area contributed by atoms with Crippen molar-refractivity contribution in [2.24, 2.45) is 17.6 Å². The number of nitrogens with two attached hydrogens (primary N) is 1. The molecule has 2 aromatic carbocycles. The average molecular weight is 479 g/mol. The van der Waals surface area contributed by atoms with Gasteiger partial charge in [-0.3, -0.25) is 19.8 Å². The molecular weight excluding hydrogens is 444 g/mol. The van der Waals surface area contributed by atoms with Crippen LogP contribution in [0.25, 0.3) is 0 Å². The lowest BCUT2D eigenvalue weighted by atomic mass is 9.82. The van der Waals surface area contributed by atoms with Crippen LogP contribution in [0.2, 0.25) is 0 Å². The summed E-state index contributed by atoms with van der Waals surface area (Å²) in [5, 5.41) is 19.7. The highest BCUT2D eigenvalue weighted by atomic mass is 16.4. The van der Waals surface area contributed by atoms with Gasteiger partial charge in [-0.2, -0.15) is 0 Å². The molecule has 1 aliphatic rings. The van der Waals surface area contributed by atoms with E-state index in [4.69, 9.17) is 16.2 Å². The topological polar surface area (TPSA) is 137 Å². The van der Waals surface area contributed by atoms with Gasteiger partial charge in [0.25, 0.3) is 5.91 Å². The summed E-state index contributed by atoms with van der Waals surface area (Å²) in [6.07, 6.45) is 1.43. The predicted molar refractivity (Wildman–Crippen MR) is 134 cm³/mol. The second-order valence-corrected chi connectivity index (χ2v) is 9.49. The van der Waals surface area contributed by atoms with Gasteiger partial charge in [-0.05, 0) is 42.4 Å². The number of hydrogen-bond acceptors (Lipinski definition) is 4. The molecule has 0 saturated carbocycles. The largest absolute Gasteiger partial charge is 0.481 e. The zero-order chi connectivity index (χ0) is 25.5. The van der Waals surface area contributed by atoms with E-state index in [9.17, 15) is 14.4 Å². The van der Waals surface area contributed by atoms with Gasteiger partial charge in [0.15, 0.2) is 0 Å². The average Bonchev–Trinajstić information content (AvgIpc) is 2.84. The van der Waals surface area contributed by atoms with Crippen molar-refractivity contribution in [3.8, 4) is 0 Å². The summed E-state index contributed by atoms with van der Waals surface area (Å²) < 4.78 is 0. The molecule has 1 aliphatic heterocycles. The number of likely N-dealkylation sites (tertiary alicyclic amines) is 1. The molecule has 2 aromatic rings. The Hall–Kier alpha value is -3.68.